The smallest absolute Gasteiger partial charge is 0.242 e. The summed E-state index contributed by atoms with van der Waals surface area (Å²) >= 11 is 0. The first kappa shape index (κ1) is 12.3. The zero-order chi connectivity index (χ0) is 13.1. The quantitative estimate of drug-likeness (QED) is 0.841. The Morgan fingerprint density at radius 3 is 2.89 bits per heavy atom. The van der Waals surface area contributed by atoms with E-state index in [1.807, 2.05) is 0 Å². The maximum Gasteiger partial charge on any atom is 0.242 e. The number of carbonyl (C=O) groups excluding carboxylic acids is 2. The van der Waals surface area contributed by atoms with Gasteiger partial charge in [-0.1, -0.05) is 6.07 Å². The molecular weight excluding hydrogens is 239 g/mol. The molecule has 1 saturated heterocycles. The first-order valence-corrected chi connectivity index (χ1v) is 5.47. The van der Waals surface area contributed by atoms with E-state index in [4.69, 9.17) is 4.74 Å². The maximum atomic E-state index is 13.5. The highest BCUT2D eigenvalue weighted by Crippen LogP contribution is 2.18. The molecule has 0 aliphatic carbocycles. The van der Waals surface area contributed by atoms with E-state index in [2.05, 4.69) is 5.32 Å². The van der Waals surface area contributed by atoms with Crippen molar-refractivity contribution in [3.05, 3.63) is 29.6 Å². The van der Waals surface area contributed by atoms with Crippen LogP contribution >= 0.6 is 0 Å². The van der Waals surface area contributed by atoms with Gasteiger partial charge in [0.05, 0.1) is 20.2 Å². The van der Waals surface area contributed by atoms with Crippen LogP contribution in [0.4, 0.5) is 4.39 Å². The average Bonchev–Trinajstić information content (AvgIpc) is 2.34. The Labute approximate surface area is 104 Å². The molecule has 0 spiro atoms. The van der Waals surface area contributed by atoms with Crippen molar-refractivity contribution in [2.24, 2.45) is 0 Å². The van der Waals surface area contributed by atoms with Crippen LogP contribution < -0.4 is 10.1 Å². The maximum absolute atomic E-state index is 13.5. The summed E-state index contributed by atoms with van der Waals surface area (Å²) in [5.41, 5.74) is 0.622. The summed E-state index contributed by atoms with van der Waals surface area (Å²) in [6.45, 7) is 0.219. The lowest BCUT2D eigenvalue weighted by Gasteiger charge is -2.26. The van der Waals surface area contributed by atoms with Crippen LogP contribution in [-0.2, 0) is 16.1 Å². The fourth-order valence-electron chi connectivity index (χ4n) is 1.78. The van der Waals surface area contributed by atoms with Gasteiger partial charge in [-0.15, -0.1) is 0 Å². The Morgan fingerprint density at radius 1 is 1.44 bits per heavy atom. The summed E-state index contributed by atoms with van der Waals surface area (Å²) in [5, 5.41) is 2.45. The Kier molecular flexibility index (Phi) is 3.45. The highest BCUT2D eigenvalue weighted by Gasteiger charge is 2.23. The second-order valence-electron chi connectivity index (χ2n) is 4.00. The number of benzene rings is 1. The molecule has 0 saturated carbocycles. The summed E-state index contributed by atoms with van der Waals surface area (Å²) in [4.78, 5) is 24.1. The fraction of sp³-hybridized carbons (Fsp3) is 0.333. The topological polar surface area (TPSA) is 58.6 Å². The molecule has 0 unspecified atom stereocenters. The fourth-order valence-corrected chi connectivity index (χ4v) is 1.78. The van der Waals surface area contributed by atoms with Gasteiger partial charge in [0, 0.05) is 6.54 Å². The summed E-state index contributed by atoms with van der Waals surface area (Å²) in [6, 6.07) is 4.47. The molecule has 1 fully saturated rings. The third kappa shape index (κ3) is 2.58. The molecule has 0 aromatic heterocycles. The zero-order valence-corrected chi connectivity index (χ0v) is 9.90. The van der Waals surface area contributed by atoms with E-state index in [-0.39, 0.29) is 37.2 Å². The van der Waals surface area contributed by atoms with Gasteiger partial charge in [-0.3, -0.25) is 9.59 Å². The highest BCUT2D eigenvalue weighted by atomic mass is 19.1. The number of methoxy groups -OCH3 is 1. The van der Waals surface area contributed by atoms with Crippen LogP contribution in [0.15, 0.2) is 18.2 Å². The number of nitrogens with zero attached hydrogens (tertiary/aromatic N) is 1. The standard InChI is InChI=1S/C12H13FN2O3/c1-18-10-3-2-8(4-9(10)13)6-15-7-11(16)14-5-12(15)17/h2-4H,5-7H2,1H3,(H,14,16). The van der Waals surface area contributed by atoms with Crippen LogP contribution in [0.3, 0.4) is 0 Å². The number of carbonyl (C=O) groups is 2. The predicted octanol–water partition coefficient (Wildman–Crippen LogP) is 0.293. The second kappa shape index (κ2) is 5.03. The van der Waals surface area contributed by atoms with Crippen molar-refractivity contribution in [1.82, 2.24) is 10.2 Å². The van der Waals surface area contributed by atoms with E-state index in [9.17, 15) is 14.0 Å². The van der Waals surface area contributed by atoms with Gasteiger partial charge in [-0.2, -0.15) is 0 Å². The molecule has 0 bridgehead atoms. The van der Waals surface area contributed by atoms with Crippen molar-refractivity contribution in [1.29, 1.82) is 0 Å². The minimum Gasteiger partial charge on any atom is -0.494 e. The number of piperazine rings is 1. The van der Waals surface area contributed by atoms with E-state index in [1.165, 1.54) is 24.1 Å². The van der Waals surface area contributed by atoms with Gasteiger partial charge >= 0.3 is 0 Å². The number of ether oxygens (including phenoxy) is 1. The molecule has 1 aliphatic rings. The number of nitrogens with one attached hydrogen (secondary N) is 1. The van der Waals surface area contributed by atoms with Crippen molar-refractivity contribution < 1.29 is 18.7 Å². The number of rotatable bonds is 3. The van der Waals surface area contributed by atoms with Gasteiger partial charge in [0.15, 0.2) is 11.6 Å². The van der Waals surface area contributed by atoms with Gasteiger partial charge in [-0.05, 0) is 17.7 Å². The van der Waals surface area contributed by atoms with Gasteiger partial charge in [-0.25, -0.2) is 4.39 Å². The third-order valence-corrected chi connectivity index (χ3v) is 2.71. The van der Waals surface area contributed by atoms with Crippen LogP contribution in [0.5, 0.6) is 5.75 Å². The van der Waals surface area contributed by atoms with E-state index in [0.29, 0.717) is 5.56 Å². The SMILES string of the molecule is COc1ccc(CN2CC(=O)NCC2=O)cc1F. The van der Waals surface area contributed by atoms with Crippen LogP contribution in [-0.4, -0.2) is 36.9 Å². The van der Waals surface area contributed by atoms with E-state index >= 15 is 0 Å². The lowest BCUT2D eigenvalue weighted by Crippen LogP contribution is -2.50. The number of amides is 2. The lowest BCUT2D eigenvalue weighted by atomic mass is 10.2. The monoisotopic (exact) mass is 252 g/mol. The van der Waals surface area contributed by atoms with Gasteiger partial charge in [0.25, 0.3) is 0 Å². The van der Waals surface area contributed by atoms with Gasteiger partial charge < -0.3 is 15.0 Å². The zero-order valence-electron chi connectivity index (χ0n) is 9.90. The average molecular weight is 252 g/mol. The largest absolute Gasteiger partial charge is 0.494 e. The third-order valence-electron chi connectivity index (χ3n) is 2.71. The van der Waals surface area contributed by atoms with Gasteiger partial charge in [0.1, 0.15) is 0 Å². The molecule has 1 aliphatic heterocycles. The summed E-state index contributed by atoms with van der Waals surface area (Å²) < 4.78 is 18.3. The molecule has 1 aromatic carbocycles. The minimum absolute atomic E-state index is 0.00251. The molecule has 5 nitrogen and oxygen atoms in total. The summed E-state index contributed by atoms with van der Waals surface area (Å²) in [7, 11) is 1.39. The van der Waals surface area contributed by atoms with Crippen LogP contribution in [0.25, 0.3) is 0 Å². The Bertz CT molecular complexity index is 490. The molecule has 2 rings (SSSR count). The highest BCUT2D eigenvalue weighted by molar-refractivity contribution is 5.92. The molecule has 1 heterocycles. The molecule has 6 heteroatoms. The molecule has 96 valence electrons. The Balaban J connectivity index is 2.11. The van der Waals surface area contributed by atoms with Crippen molar-refractivity contribution >= 4 is 11.8 Å². The molecule has 1 N–H and O–H groups in total. The minimum atomic E-state index is -0.482. The van der Waals surface area contributed by atoms with Gasteiger partial charge in [0.2, 0.25) is 11.8 Å². The predicted molar refractivity (Wildman–Crippen MR) is 61.4 cm³/mol. The molecule has 18 heavy (non-hydrogen) atoms. The van der Waals surface area contributed by atoms with Crippen molar-refractivity contribution in [3.8, 4) is 5.75 Å². The first-order valence-electron chi connectivity index (χ1n) is 5.47. The summed E-state index contributed by atoms with van der Waals surface area (Å²) in [5.74, 6) is -0.709. The van der Waals surface area contributed by atoms with E-state index in [0.717, 1.165) is 0 Å². The number of hydrogen-bond acceptors (Lipinski definition) is 3. The Hall–Kier alpha value is -2.11. The van der Waals surface area contributed by atoms with Crippen molar-refractivity contribution in [2.45, 2.75) is 6.54 Å². The van der Waals surface area contributed by atoms with E-state index < -0.39 is 5.82 Å². The molecule has 0 atom stereocenters. The van der Waals surface area contributed by atoms with Crippen LogP contribution in [0.1, 0.15) is 5.56 Å². The Morgan fingerprint density at radius 2 is 2.22 bits per heavy atom. The molecule has 1 aromatic rings. The second-order valence-corrected chi connectivity index (χ2v) is 4.00. The van der Waals surface area contributed by atoms with E-state index in [1.54, 1.807) is 6.07 Å². The summed E-state index contributed by atoms with van der Waals surface area (Å²) in [6.07, 6.45) is 0. The number of hydrogen-bond donors (Lipinski definition) is 1. The molecular formula is C12H13FN2O3. The normalized spacial score (nSPS) is 15.6. The van der Waals surface area contributed by atoms with Crippen LogP contribution in [0, 0.1) is 5.82 Å². The lowest BCUT2D eigenvalue weighted by molar-refractivity contribution is -0.141. The van der Waals surface area contributed by atoms with Crippen molar-refractivity contribution in [3.63, 3.8) is 0 Å². The molecule has 0 radical (unpaired) electrons. The van der Waals surface area contributed by atoms with Crippen molar-refractivity contribution in [2.75, 3.05) is 20.2 Å². The number of halogens is 1. The van der Waals surface area contributed by atoms with Crippen LogP contribution in [0.2, 0.25) is 0 Å². The first-order chi connectivity index (χ1) is 8.60. The molecule has 2 amide bonds.